The highest BCUT2D eigenvalue weighted by Gasteiger charge is 2.06. The first-order chi connectivity index (χ1) is 5.79. The van der Waals surface area contributed by atoms with Crippen LogP contribution in [0.3, 0.4) is 0 Å². The average Bonchev–Trinajstić information content (AvgIpc) is 2.49. The van der Waals surface area contributed by atoms with Gasteiger partial charge in [-0.3, -0.25) is 4.79 Å². The first-order valence-electron chi connectivity index (χ1n) is 3.43. The molecule has 1 heterocycles. The number of imidazole rings is 1. The van der Waals surface area contributed by atoms with Crippen LogP contribution < -0.4 is 5.73 Å². The smallest absolute Gasteiger partial charge is 0.250 e. The van der Waals surface area contributed by atoms with Gasteiger partial charge in [0.25, 0.3) is 5.91 Å². The fourth-order valence-electron chi connectivity index (χ4n) is 1.11. The molecule has 1 radical (unpaired) electrons. The summed E-state index contributed by atoms with van der Waals surface area (Å²) in [6.07, 6.45) is 2.55. The minimum Gasteiger partial charge on any atom is -0.366 e. The summed E-state index contributed by atoms with van der Waals surface area (Å²) in [7, 11) is 0. The predicted octanol–water partition coefficient (Wildman–Crippen LogP) is 0.462. The molecule has 4 heteroatoms. The average molecular weight is 160 g/mol. The Hall–Kier alpha value is -1.84. The maximum Gasteiger partial charge on any atom is 0.250 e. The SMILES string of the molecule is NC(=O)c1cccc2n[c][nH]c12. The molecule has 0 bridgehead atoms. The summed E-state index contributed by atoms with van der Waals surface area (Å²) in [4.78, 5) is 17.5. The number of nitrogens with zero attached hydrogens (tertiary/aromatic N) is 1. The molecule has 3 N–H and O–H groups in total. The first-order valence-corrected chi connectivity index (χ1v) is 3.43. The number of aromatic nitrogens is 2. The summed E-state index contributed by atoms with van der Waals surface area (Å²) in [5.41, 5.74) is 6.93. The lowest BCUT2D eigenvalue weighted by Gasteiger charge is -1.94. The van der Waals surface area contributed by atoms with Crippen molar-refractivity contribution in [2.45, 2.75) is 0 Å². The maximum absolute atomic E-state index is 10.9. The second-order valence-corrected chi connectivity index (χ2v) is 2.41. The number of amides is 1. The Labute approximate surface area is 68.4 Å². The Bertz CT molecular complexity index is 433. The van der Waals surface area contributed by atoms with E-state index in [-0.39, 0.29) is 0 Å². The van der Waals surface area contributed by atoms with Gasteiger partial charge in [0.1, 0.15) is 0 Å². The molecule has 0 aliphatic carbocycles. The van der Waals surface area contributed by atoms with Crippen LogP contribution in [0.15, 0.2) is 18.2 Å². The van der Waals surface area contributed by atoms with Crippen molar-refractivity contribution in [1.29, 1.82) is 0 Å². The van der Waals surface area contributed by atoms with Crippen LogP contribution in [0.2, 0.25) is 0 Å². The monoisotopic (exact) mass is 160 g/mol. The molecule has 1 aromatic carbocycles. The molecule has 0 aliphatic rings. The fourth-order valence-corrected chi connectivity index (χ4v) is 1.11. The number of rotatable bonds is 1. The zero-order chi connectivity index (χ0) is 8.55. The van der Waals surface area contributed by atoms with E-state index in [4.69, 9.17) is 5.73 Å². The standard InChI is InChI=1S/C8H6N3O/c9-8(12)5-2-1-3-6-7(5)11-4-10-6/h1-3H,(H2,9,12)(H,10,11). The van der Waals surface area contributed by atoms with Crippen LogP contribution in [0.4, 0.5) is 0 Å². The van der Waals surface area contributed by atoms with Gasteiger partial charge in [-0.25, -0.2) is 4.98 Å². The van der Waals surface area contributed by atoms with Crippen molar-refractivity contribution in [1.82, 2.24) is 9.97 Å². The number of para-hydroxylation sites is 1. The Balaban J connectivity index is 2.82. The third-order valence-electron chi connectivity index (χ3n) is 1.67. The van der Waals surface area contributed by atoms with Gasteiger partial charge in [-0.1, -0.05) is 6.07 Å². The molecule has 2 rings (SSSR count). The van der Waals surface area contributed by atoms with Crippen LogP contribution in [0.25, 0.3) is 11.0 Å². The number of benzene rings is 1. The second kappa shape index (κ2) is 2.34. The summed E-state index contributed by atoms with van der Waals surface area (Å²) in [6, 6.07) is 5.17. The molecule has 1 amide bonds. The van der Waals surface area contributed by atoms with Gasteiger partial charge in [0, 0.05) is 0 Å². The number of aromatic amines is 1. The van der Waals surface area contributed by atoms with Crippen LogP contribution >= 0.6 is 0 Å². The summed E-state index contributed by atoms with van der Waals surface area (Å²) in [5, 5.41) is 0. The molecule has 0 atom stereocenters. The number of primary amides is 1. The Morgan fingerprint density at radius 1 is 1.58 bits per heavy atom. The molecule has 1 aromatic heterocycles. The van der Waals surface area contributed by atoms with Gasteiger partial charge in [-0.2, -0.15) is 0 Å². The minimum absolute atomic E-state index is 0.446. The second-order valence-electron chi connectivity index (χ2n) is 2.41. The van der Waals surface area contributed by atoms with E-state index in [1.165, 1.54) is 0 Å². The van der Waals surface area contributed by atoms with Gasteiger partial charge in [0.2, 0.25) is 0 Å². The lowest BCUT2D eigenvalue weighted by molar-refractivity contribution is 0.100. The lowest BCUT2D eigenvalue weighted by Crippen LogP contribution is -2.11. The summed E-state index contributed by atoms with van der Waals surface area (Å²) in [5.74, 6) is -0.460. The quantitative estimate of drug-likeness (QED) is 0.636. The maximum atomic E-state index is 10.9. The van der Waals surface area contributed by atoms with E-state index >= 15 is 0 Å². The van der Waals surface area contributed by atoms with Gasteiger partial charge < -0.3 is 10.7 Å². The first kappa shape index (κ1) is 6.84. The molecule has 0 saturated carbocycles. The topological polar surface area (TPSA) is 71.8 Å². The minimum atomic E-state index is -0.460. The molecular weight excluding hydrogens is 154 g/mol. The Morgan fingerprint density at radius 3 is 3.17 bits per heavy atom. The number of H-pyrrole nitrogens is 1. The third kappa shape index (κ3) is 0.852. The summed E-state index contributed by atoms with van der Waals surface area (Å²) in [6.45, 7) is 0. The molecule has 0 saturated heterocycles. The van der Waals surface area contributed by atoms with Crippen LogP contribution in [0, 0.1) is 6.33 Å². The molecule has 59 valence electrons. The van der Waals surface area contributed by atoms with Crippen molar-refractivity contribution >= 4 is 16.9 Å². The van der Waals surface area contributed by atoms with E-state index in [2.05, 4.69) is 16.3 Å². The third-order valence-corrected chi connectivity index (χ3v) is 1.67. The van der Waals surface area contributed by atoms with E-state index in [1.54, 1.807) is 18.2 Å². The van der Waals surface area contributed by atoms with Gasteiger partial charge in [0.05, 0.1) is 16.6 Å². The zero-order valence-corrected chi connectivity index (χ0v) is 6.16. The number of nitrogens with two attached hydrogens (primary N) is 1. The van der Waals surface area contributed by atoms with Crippen LogP contribution in [-0.4, -0.2) is 15.9 Å². The largest absolute Gasteiger partial charge is 0.366 e. The van der Waals surface area contributed by atoms with E-state index in [9.17, 15) is 4.79 Å². The summed E-state index contributed by atoms with van der Waals surface area (Å²) < 4.78 is 0. The van der Waals surface area contributed by atoms with Crippen molar-refractivity contribution in [3.05, 3.63) is 30.1 Å². The Kier molecular flexibility index (Phi) is 1.33. The highest BCUT2D eigenvalue weighted by atomic mass is 16.1. The van der Waals surface area contributed by atoms with E-state index in [0.29, 0.717) is 16.6 Å². The summed E-state index contributed by atoms with van der Waals surface area (Å²) >= 11 is 0. The Morgan fingerprint density at radius 2 is 2.42 bits per heavy atom. The molecule has 0 spiro atoms. The molecule has 0 unspecified atom stereocenters. The lowest BCUT2D eigenvalue weighted by atomic mass is 10.2. The van der Waals surface area contributed by atoms with Crippen molar-refractivity contribution < 1.29 is 4.79 Å². The molecular formula is C8H6N3O. The highest BCUT2D eigenvalue weighted by molar-refractivity contribution is 6.03. The number of carbonyl (C=O) groups excluding carboxylic acids is 1. The highest BCUT2D eigenvalue weighted by Crippen LogP contribution is 2.12. The van der Waals surface area contributed by atoms with Crippen LogP contribution in [-0.2, 0) is 0 Å². The van der Waals surface area contributed by atoms with E-state index in [0.717, 1.165) is 0 Å². The number of hydrogen-bond acceptors (Lipinski definition) is 2. The van der Waals surface area contributed by atoms with Crippen LogP contribution in [0.5, 0.6) is 0 Å². The van der Waals surface area contributed by atoms with Gasteiger partial charge in [-0.05, 0) is 12.1 Å². The number of hydrogen-bond donors (Lipinski definition) is 2. The number of fused-ring (bicyclic) bond motifs is 1. The van der Waals surface area contributed by atoms with Gasteiger partial charge >= 0.3 is 0 Å². The number of carbonyl (C=O) groups is 1. The fraction of sp³-hybridized carbons (Fsp3) is 0. The van der Waals surface area contributed by atoms with Crippen molar-refractivity contribution in [2.75, 3.05) is 0 Å². The predicted molar refractivity (Wildman–Crippen MR) is 43.4 cm³/mol. The van der Waals surface area contributed by atoms with Gasteiger partial charge in [-0.15, -0.1) is 0 Å². The van der Waals surface area contributed by atoms with Crippen molar-refractivity contribution in [3.63, 3.8) is 0 Å². The molecule has 2 aromatic rings. The number of nitrogens with one attached hydrogen (secondary N) is 1. The van der Waals surface area contributed by atoms with Gasteiger partial charge in [0.15, 0.2) is 6.33 Å². The van der Waals surface area contributed by atoms with Crippen molar-refractivity contribution in [3.8, 4) is 0 Å². The molecule has 4 nitrogen and oxygen atoms in total. The van der Waals surface area contributed by atoms with Crippen LogP contribution in [0.1, 0.15) is 10.4 Å². The molecule has 12 heavy (non-hydrogen) atoms. The van der Waals surface area contributed by atoms with Crippen molar-refractivity contribution in [2.24, 2.45) is 5.73 Å². The zero-order valence-electron chi connectivity index (χ0n) is 6.16. The van der Waals surface area contributed by atoms with E-state index in [1.807, 2.05) is 0 Å². The molecule has 0 fully saturated rings. The van der Waals surface area contributed by atoms with E-state index < -0.39 is 5.91 Å². The molecule has 0 aliphatic heterocycles. The normalized spacial score (nSPS) is 10.3.